The minimum atomic E-state index is 0.0133. The molecule has 0 saturated carbocycles. The average Bonchev–Trinajstić information content (AvgIpc) is 3.11. The van der Waals surface area contributed by atoms with Crippen LogP contribution in [0.15, 0.2) is 35.7 Å². The zero-order valence-corrected chi connectivity index (χ0v) is 13.5. The third kappa shape index (κ3) is 2.70. The normalized spacial score (nSPS) is 18.5. The van der Waals surface area contributed by atoms with Crippen LogP contribution >= 0.6 is 46.3 Å². The smallest absolute Gasteiger partial charge is 0.265 e. The number of carbonyl (C=O) groups is 1. The van der Waals surface area contributed by atoms with Crippen molar-refractivity contribution in [2.24, 2.45) is 0 Å². The Hall–Kier alpha value is -0.680. The molecule has 0 unspecified atom stereocenters. The molecule has 2 aromatic rings. The van der Waals surface area contributed by atoms with Crippen molar-refractivity contribution >= 4 is 52.2 Å². The molecule has 1 aliphatic rings. The van der Waals surface area contributed by atoms with Gasteiger partial charge in [0.1, 0.15) is 5.37 Å². The Balaban J connectivity index is 1.88. The number of thioether (sulfide) groups is 1. The number of nitrogens with zero attached hydrogens (tertiary/aromatic N) is 1. The monoisotopic (exact) mass is 343 g/mol. The minimum Gasteiger partial charge on any atom is -0.321 e. The lowest BCUT2D eigenvalue weighted by atomic mass is 10.2. The van der Waals surface area contributed by atoms with Gasteiger partial charge in [0, 0.05) is 12.3 Å². The van der Waals surface area contributed by atoms with Crippen LogP contribution in [0.3, 0.4) is 0 Å². The average molecular weight is 344 g/mol. The Morgan fingerprint density at radius 1 is 1.25 bits per heavy atom. The topological polar surface area (TPSA) is 20.3 Å². The van der Waals surface area contributed by atoms with Gasteiger partial charge in [0.2, 0.25) is 0 Å². The van der Waals surface area contributed by atoms with E-state index in [0.29, 0.717) is 10.0 Å². The van der Waals surface area contributed by atoms with E-state index >= 15 is 0 Å². The maximum Gasteiger partial charge on any atom is 0.265 e. The van der Waals surface area contributed by atoms with Crippen LogP contribution in [0.25, 0.3) is 0 Å². The molecule has 2 heterocycles. The van der Waals surface area contributed by atoms with Crippen LogP contribution in [0, 0.1) is 0 Å². The summed E-state index contributed by atoms with van der Waals surface area (Å²) >= 11 is 15.3. The number of rotatable bonds is 2. The molecule has 20 heavy (non-hydrogen) atoms. The van der Waals surface area contributed by atoms with Crippen LogP contribution in [0.1, 0.15) is 20.6 Å². The number of benzene rings is 1. The van der Waals surface area contributed by atoms with Gasteiger partial charge in [-0.2, -0.15) is 0 Å². The second-order valence-corrected chi connectivity index (χ2v) is 7.32. The van der Waals surface area contributed by atoms with Crippen molar-refractivity contribution in [1.82, 2.24) is 4.90 Å². The molecule has 1 aliphatic heterocycles. The summed E-state index contributed by atoms with van der Waals surface area (Å²) in [6.07, 6.45) is 0. The van der Waals surface area contributed by atoms with Crippen LogP contribution < -0.4 is 0 Å². The molecule has 3 rings (SSSR count). The Bertz CT molecular complexity index is 630. The van der Waals surface area contributed by atoms with E-state index in [-0.39, 0.29) is 11.3 Å². The highest BCUT2D eigenvalue weighted by Crippen LogP contribution is 2.40. The molecule has 2 nitrogen and oxygen atoms in total. The fourth-order valence-electron chi connectivity index (χ4n) is 2.16. The summed E-state index contributed by atoms with van der Waals surface area (Å²) < 4.78 is 0. The molecule has 1 aromatic carbocycles. The predicted molar refractivity (Wildman–Crippen MR) is 87.0 cm³/mol. The van der Waals surface area contributed by atoms with E-state index in [4.69, 9.17) is 23.2 Å². The van der Waals surface area contributed by atoms with Crippen LogP contribution in [0.2, 0.25) is 10.0 Å². The van der Waals surface area contributed by atoms with Crippen molar-refractivity contribution in [3.63, 3.8) is 0 Å². The van der Waals surface area contributed by atoms with E-state index in [9.17, 15) is 4.79 Å². The first-order valence-electron chi connectivity index (χ1n) is 6.08. The molecule has 0 aliphatic carbocycles. The summed E-state index contributed by atoms with van der Waals surface area (Å²) in [5.41, 5.74) is 1.02. The van der Waals surface area contributed by atoms with Crippen LogP contribution in [-0.2, 0) is 0 Å². The third-order valence-electron chi connectivity index (χ3n) is 3.11. The summed E-state index contributed by atoms with van der Waals surface area (Å²) in [5, 5.41) is 3.00. The van der Waals surface area contributed by atoms with Gasteiger partial charge >= 0.3 is 0 Å². The van der Waals surface area contributed by atoms with E-state index in [2.05, 4.69) is 0 Å². The summed E-state index contributed by atoms with van der Waals surface area (Å²) in [6.45, 7) is 0.756. The molecule has 0 N–H and O–H groups in total. The fraction of sp³-hybridized carbons (Fsp3) is 0.214. The molecule has 1 amide bonds. The molecule has 104 valence electrons. The van der Waals surface area contributed by atoms with Crippen molar-refractivity contribution in [1.29, 1.82) is 0 Å². The highest BCUT2D eigenvalue weighted by molar-refractivity contribution is 7.99. The van der Waals surface area contributed by atoms with Gasteiger partial charge in [-0.15, -0.1) is 23.1 Å². The molecule has 1 fully saturated rings. The van der Waals surface area contributed by atoms with E-state index in [1.54, 1.807) is 17.8 Å². The second kappa shape index (κ2) is 5.98. The Morgan fingerprint density at radius 3 is 2.80 bits per heavy atom. The molecule has 0 radical (unpaired) electrons. The molecule has 1 atom stereocenters. The zero-order valence-electron chi connectivity index (χ0n) is 10.4. The highest BCUT2D eigenvalue weighted by Gasteiger charge is 2.31. The first-order chi connectivity index (χ1) is 9.66. The number of hydrogen-bond donors (Lipinski definition) is 0. The first-order valence-corrected chi connectivity index (χ1v) is 8.76. The van der Waals surface area contributed by atoms with Crippen molar-refractivity contribution in [3.8, 4) is 0 Å². The minimum absolute atomic E-state index is 0.0133. The summed E-state index contributed by atoms with van der Waals surface area (Å²) in [6, 6.07) is 9.33. The fourth-order valence-corrected chi connectivity index (χ4v) is 4.39. The molecular weight excluding hydrogens is 333 g/mol. The summed E-state index contributed by atoms with van der Waals surface area (Å²) in [4.78, 5) is 15.2. The molecule has 0 bridgehead atoms. The Morgan fingerprint density at radius 2 is 2.10 bits per heavy atom. The molecule has 1 aromatic heterocycles. The maximum atomic E-state index is 12.5. The molecule has 1 saturated heterocycles. The van der Waals surface area contributed by atoms with Gasteiger partial charge in [0.25, 0.3) is 5.91 Å². The van der Waals surface area contributed by atoms with Crippen LogP contribution in [0.5, 0.6) is 0 Å². The molecular formula is C14H11Cl2NOS2. The lowest BCUT2D eigenvalue weighted by Gasteiger charge is -2.23. The van der Waals surface area contributed by atoms with Gasteiger partial charge in [-0.1, -0.05) is 35.3 Å². The van der Waals surface area contributed by atoms with E-state index < -0.39 is 0 Å². The Labute approximate surface area is 135 Å². The number of hydrogen-bond acceptors (Lipinski definition) is 3. The second-order valence-electron chi connectivity index (χ2n) is 4.37. The zero-order chi connectivity index (χ0) is 14.1. The predicted octanol–water partition coefficient (Wildman–Crippen LogP) is 4.94. The van der Waals surface area contributed by atoms with Crippen molar-refractivity contribution < 1.29 is 4.79 Å². The molecule has 6 heteroatoms. The Kier molecular flexibility index (Phi) is 4.26. The standard InChI is InChI=1S/C14H11Cl2NOS2/c15-10-4-3-9(8-11(10)16)14-17(5-7-20-14)13(18)12-2-1-6-19-12/h1-4,6,8,14H,5,7H2/t14-/m1/s1. The SMILES string of the molecule is O=C(c1cccs1)N1CCS[C@@H]1c1ccc(Cl)c(Cl)c1. The van der Waals surface area contributed by atoms with Gasteiger partial charge in [0.15, 0.2) is 0 Å². The van der Waals surface area contributed by atoms with Gasteiger partial charge in [0.05, 0.1) is 14.9 Å². The highest BCUT2D eigenvalue weighted by atomic mass is 35.5. The third-order valence-corrected chi connectivity index (χ3v) is 5.97. The number of carbonyl (C=O) groups excluding carboxylic acids is 1. The summed E-state index contributed by atoms with van der Waals surface area (Å²) in [5.74, 6) is 1.02. The largest absolute Gasteiger partial charge is 0.321 e. The van der Waals surface area contributed by atoms with Crippen molar-refractivity contribution in [3.05, 3.63) is 56.2 Å². The van der Waals surface area contributed by atoms with Crippen LogP contribution in [-0.4, -0.2) is 23.1 Å². The number of amides is 1. The van der Waals surface area contributed by atoms with Crippen molar-refractivity contribution in [2.75, 3.05) is 12.3 Å². The van der Waals surface area contributed by atoms with Gasteiger partial charge in [-0.05, 0) is 29.1 Å². The van der Waals surface area contributed by atoms with E-state index in [1.165, 1.54) is 11.3 Å². The van der Waals surface area contributed by atoms with E-state index in [1.807, 2.05) is 34.5 Å². The number of halogens is 2. The first kappa shape index (κ1) is 14.3. The lowest BCUT2D eigenvalue weighted by molar-refractivity contribution is 0.0765. The van der Waals surface area contributed by atoms with Gasteiger partial charge in [-0.25, -0.2) is 0 Å². The quantitative estimate of drug-likeness (QED) is 0.769. The molecule has 0 spiro atoms. The maximum absolute atomic E-state index is 12.5. The lowest BCUT2D eigenvalue weighted by Crippen LogP contribution is -2.29. The number of thiophene rings is 1. The van der Waals surface area contributed by atoms with E-state index in [0.717, 1.165) is 22.7 Å². The van der Waals surface area contributed by atoms with Gasteiger partial charge < -0.3 is 4.90 Å². The van der Waals surface area contributed by atoms with Gasteiger partial charge in [-0.3, -0.25) is 4.79 Å². The van der Waals surface area contributed by atoms with Crippen molar-refractivity contribution in [2.45, 2.75) is 5.37 Å². The summed E-state index contributed by atoms with van der Waals surface area (Å²) in [7, 11) is 0. The van der Waals surface area contributed by atoms with Crippen LogP contribution in [0.4, 0.5) is 0 Å².